The number of aromatic amines is 1. The molecule has 10 heteroatoms. The van der Waals surface area contributed by atoms with Gasteiger partial charge in [-0.1, -0.05) is 26.0 Å². The van der Waals surface area contributed by atoms with Crippen molar-refractivity contribution in [3.63, 3.8) is 0 Å². The Morgan fingerprint density at radius 3 is 2.41 bits per heavy atom. The summed E-state index contributed by atoms with van der Waals surface area (Å²) >= 11 is 0. The van der Waals surface area contributed by atoms with E-state index in [1.165, 1.54) is 6.07 Å². The van der Waals surface area contributed by atoms with Gasteiger partial charge in [-0.25, -0.2) is 0 Å². The lowest BCUT2D eigenvalue weighted by atomic mass is 9.72. The maximum atomic E-state index is 14.5. The van der Waals surface area contributed by atoms with Gasteiger partial charge in [0.2, 0.25) is 0 Å². The van der Waals surface area contributed by atoms with Crippen LogP contribution in [-0.2, 0) is 18.4 Å². The number of alkyl halides is 3. The molecule has 1 aromatic carbocycles. The van der Waals surface area contributed by atoms with Gasteiger partial charge in [0, 0.05) is 73.7 Å². The van der Waals surface area contributed by atoms with E-state index in [0.717, 1.165) is 42.8 Å². The smallest absolute Gasteiger partial charge is 0.417 e. The van der Waals surface area contributed by atoms with Crippen molar-refractivity contribution in [3.8, 4) is 16.9 Å². The molecule has 4 heterocycles. The topological polar surface area (TPSA) is 88.5 Å². The Balaban J connectivity index is 1.39. The second-order valence-electron chi connectivity index (χ2n) is 11.9. The van der Waals surface area contributed by atoms with Gasteiger partial charge in [-0.2, -0.15) is 13.2 Å². The highest BCUT2D eigenvalue weighted by Crippen LogP contribution is 2.45. The number of aromatic hydroxyl groups is 1. The average Bonchev–Trinajstić information content (AvgIpc) is 3.31. The van der Waals surface area contributed by atoms with Crippen LogP contribution in [0.15, 0.2) is 61.1 Å². The van der Waals surface area contributed by atoms with E-state index in [9.17, 15) is 23.4 Å². The maximum absolute atomic E-state index is 14.5. The number of phenolic OH excluding ortho intramolecular Hbond substituents is 1. The minimum absolute atomic E-state index is 0.128. The van der Waals surface area contributed by atoms with E-state index in [1.54, 1.807) is 56.7 Å². The van der Waals surface area contributed by atoms with E-state index in [4.69, 9.17) is 0 Å². The molecule has 1 atom stereocenters. The SMILES string of the molecule is CN1CCN(Cc2cc3cc(CC(O)(CC(C)(C)c4cc(-c5cccnc5)ccc4O)C(F)(F)F)[nH]c3cn2)CC1. The lowest BCUT2D eigenvalue weighted by molar-refractivity contribution is -0.266. The lowest BCUT2D eigenvalue weighted by Crippen LogP contribution is -2.50. The van der Waals surface area contributed by atoms with Gasteiger partial charge in [0.25, 0.3) is 0 Å². The second-order valence-corrected chi connectivity index (χ2v) is 11.9. The third kappa shape index (κ3) is 6.39. The molecule has 1 aliphatic heterocycles. The molecule has 4 aromatic rings. The Morgan fingerprint density at radius 2 is 1.73 bits per heavy atom. The zero-order valence-electron chi connectivity index (χ0n) is 23.5. The maximum Gasteiger partial charge on any atom is 0.417 e. The number of pyridine rings is 2. The molecule has 1 fully saturated rings. The Kier molecular flexibility index (Phi) is 7.84. The summed E-state index contributed by atoms with van der Waals surface area (Å²) in [6, 6.07) is 12.0. The van der Waals surface area contributed by atoms with E-state index >= 15 is 0 Å². The number of fused-ring (bicyclic) bond motifs is 1. The number of rotatable bonds is 8. The van der Waals surface area contributed by atoms with Gasteiger partial charge < -0.3 is 20.1 Å². The molecular weight excluding hydrogens is 531 g/mol. The normalized spacial score (nSPS) is 17.1. The molecule has 41 heavy (non-hydrogen) atoms. The highest BCUT2D eigenvalue weighted by atomic mass is 19.4. The Labute approximate surface area is 237 Å². The van der Waals surface area contributed by atoms with Crippen LogP contribution < -0.4 is 0 Å². The summed E-state index contributed by atoms with van der Waals surface area (Å²) in [6.45, 7) is 7.71. The van der Waals surface area contributed by atoms with Crippen LogP contribution >= 0.6 is 0 Å². The van der Waals surface area contributed by atoms with Crippen molar-refractivity contribution in [2.24, 2.45) is 0 Å². The van der Waals surface area contributed by atoms with Crippen molar-refractivity contribution in [1.29, 1.82) is 0 Å². The first-order chi connectivity index (χ1) is 19.3. The fourth-order valence-electron chi connectivity index (χ4n) is 5.75. The van der Waals surface area contributed by atoms with Crippen LogP contribution in [0.2, 0.25) is 0 Å². The molecular formula is C31H36F3N5O2. The number of nitrogens with one attached hydrogen (secondary N) is 1. The predicted octanol–water partition coefficient (Wildman–Crippen LogP) is 5.28. The number of piperazine rings is 1. The Morgan fingerprint density at radius 1 is 0.976 bits per heavy atom. The molecule has 0 saturated carbocycles. The molecule has 0 amide bonds. The summed E-state index contributed by atoms with van der Waals surface area (Å²) < 4.78 is 43.6. The fraction of sp³-hybridized carbons (Fsp3) is 0.419. The summed E-state index contributed by atoms with van der Waals surface area (Å²) in [4.78, 5) is 16.2. The first-order valence-corrected chi connectivity index (χ1v) is 13.7. The number of benzene rings is 1. The number of nitrogens with zero attached hydrogens (tertiary/aromatic N) is 4. The number of phenols is 1. The van der Waals surface area contributed by atoms with Crippen molar-refractivity contribution in [1.82, 2.24) is 24.8 Å². The van der Waals surface area contributed by atoms with Crippen LogP contribution in [0.1, 0.15) is 37.2 Å². The van der Waals surface area contributed by atoms with Gasteiger partial charge >= 0.3 is 6.18 Å². The van der Waals surface area contributed by atoms with Crippen molar-refractivity contribution < 1.29 is 23.4 Å². The zero-order chi connectivity index (χ0) is 29.4. The molecule has 3 N–H and O–H groups in total. The summed E-state index contributed by atoms with van der Waals surface area (Å²) in [6.07, 6.45) is -1.31. The number of H-pyrrole nitrogens is 1. The van der Waals surface area contributed by atoms with E-state index in [-0.39, 0.29) is 11.4 Å². The molecule has 218 valence electrons. The molecule has 7 nitrogen and oxygen atoms in total. The first-order valence-electron chi connectivity index (χ1n) is 13.7. The van der Waals surface area contributed by atoms with Gasteiger partial charge in [0.05, 0.1) is 17.4 Å². The highest BCUT2D eigenvalue weighted by molar-refractivity contribution is 5.80. The van der Waals surface area contributed by atoms with Crippen molar-refractivity contribution >= 4 is 10.9 Å². The zero-order valence-corrected chi connectivity index (χ0v) is 23.5. The van der Waals surface area contributed by atoms with Crippen LogP contribution in [0.5, 0.6) is 5.75 Å². The van der Waals surface area contributed by atoms with Gasteiger partial charge in [0.15, 0.2) is 5.60 Å². The van der Waals surface area contributed by atoms with E-state index < -0.39 is 30.0 Å². The molecule has 0 spiro atoms. The molecule has 0 aliphatic carbocycles. The lowest BCUT2D eigenvalue weighted by Gasteiger charge is -2.38. The van der Waals surface area contributed by atoms with Crippen molar-refractivity contribution in [2.45, 2.75) is 50.4 Å². The van der Waals surface area contributed by atoms with Crippen LogP contribution in [0.4, 0.5) is 13.2 Å². The van der Waals surface area contributed by atoms with Crippen LogP contribution in [0.25, 0.3) is 22.0 Å². The number of halogens is 3. The molecule has 0 bridgehead atoms. The van der Waals surface area contributed by atoms with Crippen LogP contribution in [0.3, 0.4) is 0 Å². The third-order valence-corrected chi connectivity index (χ3v) is 8.06. The molecule has 0 radical (unpaired) electrons. The van der Waals surface area contributed by atoms with Crippen molar-refractivity contribution in [2.75, 3.05) is 33.2 Å². The van der Waals surface area contributed by atoms with E-state index in [1.807, 2.05) is 12.1 Å². The van der Waals surface area contributed by atoms with E-state index in [0.29, 0.717) is 23.2 Å². The van der Waals surface area contributed by atoms with E-state index in [2.05, 4.69) is 31.8 Å². The minimum Gasteiger partial charge on any atom is -0.508 e. The summed E-state index contributed by atoms with van der Waals surface area (Å²) in [5, 5.41) is 22.6. The minimum atomic E-state index is -4.91. The number of likely N-dealkylation sites (N-methyl/N-ethyl adjacent to an activating group) is 1. The first kappa shape index (κ1) is 29.0. The standard InChI is InChI=1S/C31H36F3N5O2/c1-29(2,26-15-21(6-7-28(26)40)22-5-4-8-35-17-22)20-30(41,31(32,33)34)16-24-13-23-14-25(36-18-27(23)37-24)19-39-11-9-38(3)10-12-39/h4-8,13-15,17-18,37,40-41H,9-12,16,19-20H2,1-3H3. The predicted molar refractivity (Wildman–Crippen MR) is 153 cm³/mol. The number of aromatic nitrogens is 3. The van der Waals surface area contributed by atoms with Gasteiger partial charge in [-0.3, -0.25) is 14.9 Å². The summed E-state index contributed by atoms with van der Waals surface area (Å²) in [5.41, 5.74) is -0.741. The number of hydrogen-bond donors (Lipinski definition) is 3. The van der Waals surface area contributed by atoms with Crippen LogP contribution in [-0.4, -0.2) is 80.0 Å². The molecule has 1 unspecified atom stereocenters. The van der Waals surface area contributed by atoms with Crippen LogP contribution in [0, 0.1) is 0 Å². The third-order valence-electron chi connectivity index (χ3n) is 8.06. The molecule has 1 aliphatic rings. The number of hydrogen-bond acceptors (Lipinski definition) is 6. The molecule has 5 rings (SSSR count). The van der Waals surface area contributed by atoms with Gasteiger partial charge in [-0.05, 0) is 54.8 Å². The Bertz CT molecular complexity index is 1500. The summed E-state index contributed by atoms with van der Waals surface area (Å²) in [5.74, 6) is -0.128. The van der Waals surface area contributed by atoms with Crippen molar-refractivity contribution in [3.05, 3.63) is 78.0 Å². The number of aliphatic hydroxyl groups is 1. The fourth-order valence-corrected chi connectivity index (χ4v) is 5.75. The summed E-state index contributed by atoms with van der Waals surface area (Å²) in [7, 11) is 2.09. The second kappa shape index (κ2) is 11.1. The monoisotopic (exact) mass is 567 g/mol. The average molecular weight is 568 g/mol. The quantitative estimate of drug-likeness (QED) is 0.269. The highest BCUT2D eigenvalue weighted by Gasteiger charge is 2.56. The Hall–Kier alpha value is -3.47. The van der Waals surface area contributed by atoms with Gasteiger partial charge in [-0.15, -0.1) is 0 Å². The van der Waals surface area contributed by atoms with Gasteiger partial charge in [0.1, 0.15) is 5.75 Å². The largest absolute Gasteiger partial charge is 0.508 e. The molecule has 3 aromatic heterocycles. The molecule has 1 saturated heterocycles.